The van der Waals surface area contributed by atoms with Gasteiger partial charge in [-0.15, -0.1) is 0 Å². The quantitative estimate of drug-likeness (QED) is 0.233. The van der Waals surface area contributed by atoms with Crippen molar-refractivity contribution in [3.05, 3.63) is 94.6 Å². The number of nitrogens with one attached hydrogen (secondary N) is 4. The number of aliphatic hydroxyl groups is 1. The Labute approximate surface area is 232 Å². The van der Waals surface area contributed by atoms with E-state index in [0.717, 1.165) is 30.2 Å². The van der Waals surface area contributed by atoms with Crippen LogP contribution < -0.4 is 21.3 Å². The molecule has 0 spiro atoms. The molecule has 0 aromatic heterocycles. The number of amides is 3. The Balaban J connectivity index is 1.81. The minimum Gasteiger partial charge on any atom is -0.390 e. The summed E-state index contributed by atoms with van der Waals surface area (Å²) in [6, 6.07) is 14.4. The molecule has 3 aromatic carbocycles. The molecular weight excluding hydrogens is 518 g/mol. The van der Waals surface area contributed by atoms with Gasteiger partial charge in [-0.3, -0.25) is 14.4 Å². The van der Waals surface area contributed by atoms with Crippen LogP contribution in [0.2, 0.25) is 0 Å². The SMILES string of the molecule is CCc1cccc(CNC[C@@H](O)[C@H](Cc2cc(F)cc(F)c2)NC(=O)c2cc(NC(C)=O)cc(NC(C)=O)c2)c1. The second-order valence-corrected chi connectivity index (χ2v) is 9.59. The summed E-state index contributed by atoms with van der Waals surface area (Å²) in [6.07, 6.45) is -0.293. The number of halogens is 2. The highest BCUT2D eigenvalue weighted by Gasteiger charge is 2.24. The Bertz CT molecular complexity index is 1310. The average Bonchev–Trinajstić information content (AvgIpc) is 2.86. The summed E-state index contributed by atoms with van der Waals surface area (Å²) in [5, 5.41) is 22.1. The van der Waals surface area contributed by atoms with Gasteiger partial charge in [-0.05, 0) is 59.9 Å². The summed E-state index contributed by atoms with van der Waals surface area (Å²) in [6.45, 7) is 5.23. The van der Waals surface area contributed by atoms with Crippen LogP contribution >= 0.6 is 0 Å². The molecule has 212 valence electrons. The van der Waals surface area contributed by atoms with Gasteiger partial charge in [0.1, 0.15) is 11.6 Å². The number of aryl methyl sites for hydroxylation is 1. The third-order valence-electron chi connectivity index (χ3n) is 6.08. The first-order valence-corrected chi connectivity index (χ1v) is 12.9. The van der Waals surface area contributed by atoms with E-state index >= 15 is 0 Å². The monoisotopic (exact) mass is 552 g/mol. The van der Waals surface area contributed by atoms with Crippen molar-refractivity contribution in [2.24, 2.45) is 0 Å². The first-order valence-electron chi connectivity index (χ1n) is 12.9. The maximum absolute atomic E-state index is 13.9. The van der Waals surface area contributed by atoms with Gasteiger partial charge < -0.3 is 26.4 Å². The van der Waals surface area contributed by atoms with Gasteiger partial charge in [-0.2, -0.15) is 0 Å². The Kier molecular flexibility index (Phi) is 10.9. The highest BCUT2D eigenvalue weighted by molar-refractivity contribution is 6.00. The lowest BCUT2D eigenvalue weighted by atomic mass is 9.99. The molecular formula is C30H34F2N4O4. The Morgan fingerprint density at radius 2 is 1.43 bits per heavy atom. The summed E-state index contributed by atoms with van der Waals surface area (Å²) in [5.41, 5.74) is 3.12. The molecule has 40 heavy (non-hydrogen) atoms. The molecule has 8 nitrogen and oxygen atoms in total. The van der Waals surface area contributed by atoms with Gasteiger partial charge in [0.25, 0.3) is 5.91 Å². The molecule has 0 radical (unpaired) electrons. The predicted octanol–water partition coefficient (Wildman–Crippen LogP) is 3.94. The van der Waals surface area contributed by atoms with E-state index in [-0.39, 0.29) is 47.3 Å². The van der Waals surface area contributed by atoms with Crippen molar-refractivity contribution >= 4 is 29.1 Å². The molecule has 0 bridgehead atoms. The fourth-order valence-electron chi connectivity index (χ4n) is 4.29. The lowest BCUT2D eigenvalue weighted by Crippen LogP contribution is -2.48. The first-order chi connectivity index (χ1) is 19.0. The van der Waals surface area contributed by atoms with E-state index in [1.165, 1.54) is 37.6 Å². The lowest BCUT2D eigenvalue weighted by Gasteiger charge is -2.25. The molecule has 3 amide bonds. The largest absolute Gasteiger partial charge is 0.390 e. The topological polar surface area (TPSA) is 120 Å². The normalized spacial score (nSPS) is 12.3. The number of benzene rings is 3. The van der Waals surface area contributed by atoms with Crippen molar-refractivity contribution in [3.63, 3.8) is 0 Å². The Hall–Kier alpha value is -4.15. The van der Waals surface area contributed by atoms with E-state index < -0.39 is 29.7 Å². The van der Waals surface area contributed by atoms with Crippen LogP contribution in [0.25, 0.3) is 0 Å². The molecule has 3 aromatic rings. The van der Waals surface area contributed by atoms with Crippen LogP contribution in [-0.4, -0.2) is 41.5 Å². The zero-order chi connectivity index (χ0) is 29.2. The molecule has 5 N–H and O–H groups in total. The molecule has 0 aliphatic rings. The fourth-order valence-corrected chi connectivity index (χ4v) is 4.29. The van der Waals surface area contributed by atoms with E-state index in [1.54, 1.807) is 0 Å². The smallest absolute Gasteiger partial charge is 0.251 e. The van der Waals surface area contributed by atoms with Crippen LogP contribution in [0.3, 0.4) is 0 Å². The highest BCUT2D eigenvalue weighted by atomic mass is 19.1. The van der Waals surface area contributed by atoms with Crippen molar-refractivity contribution in [3.8, 4) is 0 Å². The van der Waals surface area contributed by atoms with Crippen LogP contribution in [0, 0.1) is 11.6 Å². The van der Waals surface area contributed by atoms with Gasteiger partial charge in [0.2, 0.25) is 11.8 Å². The summed E-state index contributed by atoms with van der Waals surface area (Å²) < 4.78 is 27.8. The van der Waals surface area contributed by atoms with E-state index in [1.807, 2.05) is 18.2 Å². The highest BCUT2D eigenvalue weighted by Crippen LogP contribution is 2.20. The maximum atomic E-state index is 13.9. The van der Waals surface area contributed by atoms with Gasteiger partial charge in [-0.1, -0.05) is 31.2 Å². The molecule has 0 unspecified atom stereocenters. The third-order valence-corrected chi connectivity index (χ3v) is 6.08. The van der Waals surface area contributed by atoms with Crippen LogP contribution in [-0.2, 0) is 29.0 Å². The summed E-state index contributed by atoms with van der Waals surface area (Å²) in [5.74, 6) is -2.90. The van der Waals surface area contributed by atoms with Gasteiger partial charge in [0.05, 0.1) is 12.1 Å². The van der Waals surface area contributed by atoms with E-state index in [2.05, 4.69) is 34.3 Å². The molecule has 0 fully saturated rings. The van der Waals surface area contributed by atoms with Gasteiger partial charge in [0.15, 0.2) is 0 Å². The van der Waals surface area contributed by atoms with E-state index in [0.29, 0.717) is 6.54 Å². The maximum Gasteiger partial charge on any atom is 0.251 e. The zero-order valence-electron chi connectivity index (χ0n) is 22.7. The predicted molar refractivity (Wildman–Crippen MR) is 150 cm³/mol. The van der Waals surface area contributed by atoms with Gasteiger partial charge in [-0.25, -0.2) is 8.78 Å². The van der Waals surface area contributed by atoms with Crippen molar-refractivity contribution in [2.45, 2.75) is 52.3 Å². The molecule has 0 heterocycles. The lowest BCUT2D eigenvalue weighted by molar-refractivity contribution is -0.115. The van der Waals surface area contributed by atoms with Crippen LogP contribution in [0.15, 0.2) is 60.7 Å². The fraction of sp³-hybridized carbons (Fsp3) is 0.300. The second kappa shape index (κ2) is 14.3. The molecule has 3 rings (SSSR count). The molecule has 10 heteroatoms. The number of carbonyl (C=O) groups is 3. The Morgan fingerprint density at radius 1 is 0.825 bits per heavy atom. The molecule has 0 saturated carbocycles. The standard InChI is InChI=1S/C30H34F2N4O4/c1-4-20-6-5-7-21(8-20)16-33-17-29(39)28(11-22-9-24(31)14-25(32)10-22)36-30(40)23-12-26(34-18(2)37)15-27(13-23)35-19(3)38/h5-10,12-15,28-29,33,39H,4,11,16-17H2,1-3H3,(H,34,37)(H,35,38)(H,36,40)/t28-,29+/m0/s1. The first kappa shape index (κ1) is 30.4. The van der Waals surface area contributed by atoms with E-state index in [9.17, 15) is 28.3 Å². The number of anilines is 2. The minimum atomic E-state index is -1.13. The summed E-state index contributed by atoms with van der Waals surface area (Å²) in [4.78, 5) is 36.5. The van der Waals surface area contributed by atoms with Crippen molar-refractivity contribution in [1.82, 2.24) is 10.6 Å². The summed E-state index contributed by atoms with van der Waals surface area (Å²) in [7, 11) is 0. The molecule has 0 aliphatic carbocycles. The number of hydrogen-bond donors (Lipinski definition) is 5. The van der Waals surface area contributed by atoms with Gasteiger partial charge >= 0.3 is 0 Å². The number of aliphatic hydroxyl groups excluding tert-OH is 1. The van der Waals surface area contributed by atoms with E-state index in [4.69, 9.17) is 0 Å². The summed E-state index contributed by atoms with van der Waals surface area (Å²) >= 11 is 0. The van der Waals surface area contributed by atoms with Crippen molar-refractivity contribution in [1.29, 1.82) is 0 Å². The van der Waals surface area contributed by atoms with Crippen molar-refractivity contribution in [2.75, 3.05) is 17.2 Å². The average molecular weight is 553 g/mol. The molecule has 0 aliphatic heterocycles. The Morgan fingerprint density at radius 3 is 2.00 bits per heavy atom. The van der Waals surface area contributed by atoms with Crippen molar-refractivity contribution < 1.29 is 28.3 Å². The number of rotatable bonds is 12. The third kappa shape index (κ3) is 9.55. The minimum absolute atomic E-state index is 0.0570. The zero-order valence-corrected chi connectivity index (χ0v) is 22.7. The molecule has 2 atom stereocenters. The van der Waals surface area contributed by atoms with Crippen LogP contribution in [0.5, 0.6) is 0 Å². The second-order valence-electron chi connectivity index (χ2n) is 9.59. The molecule has 0 saturated heterocycles. The number of carbonyl (C=O) groups excluding carboxylic acids is 3. The van der Waals surface area contributed by atoms with Crippen LogP contribution in [0.4, 0.5) is 20.2 Å². The number of hydrogen-bond acceptors (Lipinski definition) is 5. The van der Waals surface area contributed by atoms with Crippen LogP contribution in [0.1, 0.15) is 47.8 Å². The van der Waals surface area contributed by atoms with Gasteiger partial charge in [0, 0.05) is 49.9 Å².